The van der Waals surface area contributed by atoms with Crippen molar-refractivity contribution in [3.8, 4) is 6.07 Å². The van der Waals surface area contributed by atoms with Gasteiger partial charge in [0.15, 0.2) is 0 Å². The molecule has 23 heavy (non-hydrogen) atoms. The number of nitriles is 1. The highest BCUT2D eigenvalue weighted by Gasteiger charge is 2.38. The molecule has 9 nitrogen and oxygen atoms in total. The van der Waals surface area contributed by atoms with Crippen LogP contribution in [0.15, 0.2) is 0 Å². The van der Waals surface area contributed by atoms with Crippen LogP contribution in [0.2, 0.25) is 0 Å². The van der Waals surface area contributed by atoms with Crippen molar-refractivity contribution >= 4 is 45.8 Å². The zero-order chi connectivity index (χ0) is 17.9. The molecule has 120 valence electrons. The maximum absolute atomic E-state index is 11.4. The van der Waals surface area contributed by atoms with Crippen LogP contribution in [0.1, 0.15) is 35.6 Å². The van der Waals surface area contributed by atoms with E-state index in [2.05, 4.69) is 0 Å². The average Bonchev–Trinajstić information content (AvgIpc) is 2.44. The molecular formula is C12H11N5O4S2. The minimum absolute atomic E-state index is 0.00353. The van der Waals surface area contributed by atoms with E-state index in [1.807, 2.05) is 0 Å². The number of rotatable bonds is 6. The normalized spacial score (nSPS) is 9.91. The van der Waals surface area contributed by atoms with Crippen LogP contribution in [0, 0.1) is 31.6 Å². The second kappa shape index (κ2) is 7.03. The molecule has 0 fully saturated rings. The van der Waals surface area contributed by atoms with E-state index in [1.54, 1.807) is 13.0 Å². The molecule has 0 aliphatic carbocycles. The zero-order valence-corrected chi connectivity index (χ0v) is 13.5. The number of nitro benzene ring substituents is 2. The molecule has 0 heterocycles. The van der Waals surface area contributed by atoms with Gasteiger partial charge >= 0.3 is 0 Å². The minimum atomic E-state index is -0.837. The van der Waals surface area contributed by atoms with E-state index in [4.69, 9.17) is 35.9 Å². The van der Waals surface area contributed by atoms with Gasteiger partial charge < -0.3 is 11.5 Å². The fraction of sp³-hybridized carbons (Fsp3) is 0.250. The summed E-state index contributed by atoms with van der Waals surface area (Å²) in [7, 11) is 0. The lowest BCUT2D eigenvalue weighted by Gasteiger charge is -2.13. The van der Waals surface area contributed by atoms with Crippen LogP contribution >= 0.6 is 24.4 Å². The molecule has 0 radical (unpaired) electrons. The first-order valence-corrected chi connectivity index (χ1v) is 7.01. The fourth-order valence-electron chi connectivity index (χ4n) is 2.26. The number of nitrogens with two attached hydrogens (primary N) is 2. The molecule has 0 amide bonds. The van der Waals surface area contributed by atoms with Gasteiger partial charge in [-0.15, -0.1) is 0 Å². The van der Waals surface area contributed by atoms with Gasteiger partial charge in [0.1, 0.15) is 32.7 Å². The summed E-state index contributed by atoms with van der Waals surface area (Å²) >= 11 is 9.58. The predicted molar refractivity (Wildman–Crippen MR) is 90.2 cm³/mol. The third-order valence-corrected chi connectivity index (χ3v) is 3.42. The lowest BCUT2D eigenvalue weighted by Crippen LogP contribution is -2.23. The van der Waals surface area contributed by atoms with Crippen molar-refractivity contribution in [2.45, 2.75) is 19.8 Å². The Bertz CT molecular complexity index is 732. The largest absolute Gasteiger partial charge is 0.389 e. The second-order valence-electron chi connectivity index (χ2n) is 4.41. The number of nitro groups is 2. The van der Waals surface area contributed by atoms with Crippen molar-refractivity contribution in [2.75, 3.05) is 0 Å². The van der Waals surface area contributed by atoms with Gasteiger partial charge in [0, 0.05) is 0 Å². The van der Waals surface area contributed by atoms with Crippen molar-refractivity contribution in [3.63, 3.8) is 0 Å². The van der Waals surface area contributed by atoms with Gasteiger partial charge in [-0.25, -0.2) is 0 Å². The van der Waals surface area contributed by atoms with Gasteiger partial charge in [0.05, 0.1) is 15.4 Å². The van der Waals surface area contributed by atoms with Crippen LogP contribution in [0.25, 0.3) is 0 Å². The van der Waals surface area contributed by atoms with E-state index in [9.17, 15) is 25.5 Å². The van der Waals surface area contributed by atoms with Crippen molar-refractivity contribution in [2.24, 2.45) is 11.5 Å². The van der Waals surface area contributed by atoms with Gasteiger partial charge in [-0.2, -0.15) is 5.26 Å². The molecule has 1 aromatic carbocycles. The van der Waals surface area contributed by atoms with E-state index in [-0.39, 0.29) is 23.1 Å². The summed E-state index contributed by atoms with van der Waals surface area (Å²) in [6, 6.07) is 1.64. The zero-order valence-electron chi connectivity index (χ0n) is 11.9. The second-order valence-corrected chi connectivity index (χ2v) is 5.28. The van der Waals surface area contributed by atoms with E-state index in [0.717, 1.165) is 0 Å². The van der Waals surface area contributed by atoms with Crippen LogP contribution in [-0.4, -0.2) is 19.8 Å². The summed E-state index contributed by atoms with van der Waals surface area (Å²) in [5, 5.41) is 32.2. The Balaban J connectivity index is 4.29. The van der Waals surface area contributed by atoms with Gasteiger partial charge in [0.2, 0.25) is 0 Å². The number of hydrogen-bond acceptors (Lipinski definition) is 7. The smallest absolute Gasteiger partial charge is 0.290 e. The average molecular weight is 353 g/mol. The molecule has 1 aromatic rings. The molecule has 0 spiro atoms. The van der Waals surface area contributed by atoms with Gasteiger partial charge in [-0.1, -0.05) is 37.8 Å². The van der Waals surface area contributed by atoms with Gasteiger partial charge in [0.25, 0.3) is 11.4 Å². The van der Waals surface area contributed by atoms with Crippen molar-refractivity contribution in [3.05, 3.63) is 42.5 Å². The summed E-state index contributed by atoms with van der Waals surface area (Å²) < 4.78 is 0. The Hall–Kier alpha value is -2.71. The Morgan fingerprint density at radius 1 is 1.13 bits per heavy atom. The number of nitrogens with zero attached hydrogens (tertiary/aromatic N) is 3. The molecule has 1 rings (SSSR count). The van der Waals surface area contributed by atoms with Crippen molar-refractivity contribution in [1.82, 2.24) is 0 Å². The molecule has 0 aromatic heterocycles. The number of thiocarbonyl (C=S) groups is 2. The molecule has 0 aliphatic rings. The molecule has 4 N–H and O–H groups in total. The Morgan fingerprint density at radius 2 is 1.52 bits per heavy atom. The SMILES string of the molecule is CCCc1c([N+](=O)[O-])c(C(N)=S)c(C#N)c(C(N)=S)c1[N+](=O)[O-]. The summed E-state index contributed by atoms with van der Waals surface area (Å²) in [5.41, 5.74) is 8.35. The fourth-order valence-corrected chi connectivity index (χ4v) is 2.65. The molecule has 0 saturated heterocycles. The molecule has 0 saturated carbocycles. The Morgan fingerprint density at radius 3 is 1.74 bits per heavy atom. The van der Waals surface area contributed by atoms with Crippen LogP contribution < -0.4 is 11.5 Å². The monoisotopic (exact) mass is 353 g/mol. The Kier molecular flexibility index (Phi) is 5.61. The summed E-state index contributed by atoms with van der Waals surface area (Å²) in [6.07, 6.45) is 0.380. The van der Waals surface area contributed by atoms with E-state index >= 15 is 0 Å². The third-order valence-electron chi connectivity index (χ3n) is 3.02. The van der Waals surface area contributed by atoms with Crippen LogP contribution in [-0.2, 0) is 6.42 Å². The maximum Gasteiger partial charge on any atom is 0.290 e. The molecule has 0 atom stereocenters. The molecule has 0 bridgehead atoms. The maximum atomic E-state index is 11.4. The van der Waals surface area contributed by atoms with E-state index in [0.29, 0.717) is 6.42 Å². The minimum Gasteiger partial charge on any atom is -0.389 e. The van der Waals surface area contributed by atoms with E-state index in [1.165, 1.54) is 0 Å². The lowest BCUT2D eigenvalue weighted by atomic mass is 9.91. The number of benzene rings is 1. The third kappa shape index (κ3) is 3.22. The molecule has 0 unspecified atom stereocenters. The summed E-state index contributed by atoms with van der Waals surface area (Å²) in [5.74, 6) is 0. The molecule has 11 heteroatoms. The van der Waals surface area contributed by atoms with Crippen molar-refractivity contribution in [1.29, 1.82) is 5.26 Å². The van der Waals surface area contributed by atoms with E-state index < -0.39 is 36.8 Å². The highest BCUT2D eigenvalue weighted by molar-refractivity contribution is 7.81. The van der Waals surface area contributed by atoms with Crippen molar-refractivity contribution < 1.29 is 9.85 Å². The first-order chi connectivity index (χ1) is 10.7. The Labute approximate surface area is 141 Å². The van der Waals surface area contributed by atoms with Crippen LogP contribution in [0.3, 0.4) is 0 Å². The van der Waals surface area contributed by atoms with Gasteiger partial charge in [-0.05, 0) is 6.42 Å². The quantitative estimate of drug-likeness (QED) is 0.439. The first kappa shape index (κ1) is 18.3. The molecule has 0 aliphatic heterocycles. The highest BCUT2D eigenvalue weighted by atomic mass is 32.1. The standard InChI is InChI=1S/C12H11N5O4S2/c1-2-3-5-9(16(18)19)7(11(14)22)6(4-13)8(12(15)23)10(5)17(20)21/h2-3H2,1H3,(H2,14,22)(H2,15,23). The number of hydrogen-bond donors (Lipinski definition) is 2. The van der Waals surface area contributed by atoms with Crippen LogP contribution in [0.5, 0.6) is 0 Å². The predicted octanol–water partition coefficient (Wildman–Crippen LogP) is 1.60. The molecular weight excluding hydrogens is 342 g/mol. The highest BCUT2D eigenvalue weighted by Crippen LogP contribution is 2.39. The summed E-state index contributed by atoms with van der Waals surface area (Å²) in [4.78, 5) is 20.3. The lowest BCUT2D eigenvalue weighted by molar-refractivity contribution is -0.395. The van der Waals surface area contributed by atoms with Gasteiger partial charge in [-0.3, -0.25) is 20.2 Å². The van der Waals surface area contributed by atoms with Crippen LogP contribution in [0.4, 0.5) is 11.4 Å². The first-order valence-electron chi connectivity index (χ1n) is 6.20. The summed E-state index contributed by atoms with van der Waals surface area (Å²) in [6.45, 7) is 1.69. The topological polar surface area (TPSA) is 162 Å².